The van der Waals surface area contributed by atoms with Crippen LogP contribution in [-0.2, 0) is 11.3 Å². The van der Waals surface area contributed by atoms with E-state index in [1.807, 2.05) is 50.2 Å². The molecule has 176 valence electrons. The summed E-state index contributed by atoms with van der Waals surface area (Å²) in [7, 11) is 0. The van der Waals surface area contributed by atoms with Crippen LogP contribution in [0.25, 0.3) is 28.5 Å². The number of ether oxygens (including phenoxy) is 1. The number of pyridine rings is 1. The average Bonchev–Trinajstić information content (AvgIpc) is 3.56. The van der Waals surface area contributed by atoms with Crippen molar-refractivity contribution in [3.8, 4) is 28.5 Å². The molecule has 5 aromatic rings. The highest BCUT2D eigenvalue weighted by atomic mass is 35.5. The number of hydrogen-bond donors (Lipinski definition) is 0. The summed E-state index contributed by atoms with van der Waals surface area (Å²) < 4.78 is 18.0. The summed E-state index contributed by atoms with van der Waals surface area (Å²) in [6.07, 6.45) is 0. The number of carbonyl (C=O) groups is 1. The minimum Gasteiger partial charge on any atom is -0.451 e. The Kier molecular flexibility index (Phi) is 5.87. The minimum absolute atomic E-state index is 0.0438. The molecule has 0 N–H and O–H groups in total. The predicted octanol–water partition coefficient (Wildman–Crippen LogP) is 4.91. The van der Waals surface area contributed by atoms with Gasteiger partial charge in [-0.1, -0.05) is 47.1 Å². The van der Waals surface area contributed by atoms with Crippen LogP contribution in [0, 0.1) is 20.8 Å². The fraction of sp³-hybridized carbons (Fsp3) is 0.167. The average molecular weight is 491 g/mol. The molecule has 0 amide bonds. The maximum absolute atomic E-state index is 12.7. The van der Waals surface area contributed by atoms with E-state index in [-0.39, 0.29) is 29.1 Å². The molecule has 0 aliphatic heterocycles. The second-order valence-corrected chi connectivity index (χ2v) is 8.15. The van der Waals surface area contributed by atoms with E-state index in [2.05, 4.69) is 25.4 Å². The minimum atomic E-state index is -0.732. The highest BCUT2D eigenvalue weighted by Crippen LogP contribution is 2.33. The maximum atomic E-state index is 12.7. The number of nitrogens with zero attached hydrogens (tertiary/aromatic N) is 6. The molecule has 1 aromatic carbocycles. The van der Waals surface area contributed by atoms with E-state index in [1.165, 1.54) is 0 Å². The summed E-state index contributed by atoms with van der Waals surface area (Å²) in [5, 5.41) is 16.7. The zero-order valence-electron chi connectivity index (χ0n) is 19.0. The molecule has 0 unspecified atom stereocenters. The van der Waals surface area contributed by atoms with Crippen molar-refractivity contribution in [3.05, 3.63) is 82.3 Å². The van der Waals surface area contributed by atoms with Gasteiger partial charge in [-0.05, 0) is 39.0 Å². The molecule has 0 saturated carbocycles. The third-order valence-corrected chi connectivity index (χ3v) is 5.47. The molecule has 0 atom stereocenters. The van der Waals surface area contributed by atoms with Gasteiger partial charge in [-0.25, -0.2) is 14.5 Å². The Labute approximate surface area is 204 Å². The third-order valence-electron chi connectivity index (χ3n) is 5.17. The van der Waals surface area contributed by atoms with Crippen LogP contribution >= 0.6 is 11.6 Å². The van der Waals surface area contributed by atoms with Crippen molar-refractivity contribution in [1.29, 1.82) is 0 Å². The Hall–Kier alpha value is -4.31. The summed E-state index contributed by atoms with van der Waals surface area (Å²) in [6, 6.07) is 14.6. The van der Waals surface area contributed by atoms with Gasteiger partial charge < -0.3 is 13.7 Å². The van der Waals surface area contributed by atoms with Crippen LogP contribution in [0.15, 0.2) is 57.5 Å². The molecule has 0 spiro atoms. The summed E-state index contributed by atoms with van der Waals surface area (Å²) in [5.41, 5.74) is 3.64. The molecule has 5 rings (SSSR count). The number of rotatable bonds is 6. The van der Waals surface area contributed by atoms with E-state index in [9.17, 15) is 4.79 Å². The number of esters is 1. The second kappa shape index (κ2) is 9.15. The Morgan fingerprint density at radius 1 is 1.09 bits per heavy atom. The van der Waals surface area contributed by atoms with Gasteiger partial charge in [0.2, 0.25) is 0 Å². The van der Waals surface area contributed by atoms with Gasteiger partial charge in [0, 0.05) is 11.3 Å². The molecule has 0 aliphatic carbocycles. The van der Waals surface area contributed by atoms with Crippen molar-refractivity contribution in [3.63, 3.8) is 0 Å². The Bertz CT molecular complexity index is 1520. The first-order valence-electron chi connectivity index (χ1n) is 10.6. The number of aryl methyl sites for hydroxylation is 3. The van der Waals surface area contributed by atoms with Crippen LogP contribution in [0.1, 0.15) is 33.5 Å². The molecule has 0 aliphatic rings. The standard InChI is InChI=1S/C24H19ClN6O4/c1-13-11-14(2)31(29-13)18-10-9-17(25)22(26-18)24(32)33-12-19-27-28-23(34-19)20-15(3)35-30-21(20)16-7-5-4-6-8-16/h4-11H,12H2,1-3H3. The normalized spacial score (nSPS) is 11.1. The Balaban J connectivity index is 1.34. The molecule has 35 heavy (non-hydrogen) atoms. The first-order valence-corrected chi connectivity index (χ1v) is 11.0. The van der Waals surface area contributed by atoms with Crippen LogP contribution in [0.3, 0.4) is 0 Å². The predicted molar refractivity (Wildman–Crippen MR) is 125 cm³/mol. The lowest BCUT2D eigenvalue weighted by Crippen LogP contribution is -2.11. The van der Waals surface area contributed by atoms with E-state index in [1.54, 1.807) is 23.7 Å². The van der Waals surface area contributed by atoms with E-state index < -0.39 is 5.97 Å². The topological polar surface area (TPSA) is 122 Å². The van der Waals surface area contributed by atoms with Crippen LogP contribution < -0.4 is 0 Å². The zero-order chi connectivity index (χ0) is 24.5. The van der Waals surface area contributed by atoms with E-state index in [0.29, 0.717) is 22.8 Å². The second-order valence-electron chi connectivity index (χ2n) is 7.74. The lowest BCUT2D eigenvalue weighted by atomic mass is 10.1. The number of aromatic nitrogens is 6. The number of halogens is 1. The zero-order valence-corrected chi connectivity index (χ0v) is 19.8. The van der Waals surface area contributed by atoms with Crippen molar-refractivity contribution < 1.29 is 18.5 Å². The van der Waals surface area contributed by atoms with Crippen LogP contribution in [-0.4, -0.2) is 36.1 Å². The Morgan fingerprint density at radius 3 is 2.63 bits per heavy atom. The Morgan fingerprint density at radius 2 is 1.89 bits per heavy atom. The van der Waals surface area contributed by atoms with Gasteiger partial charge in [-0.15, -0.1) is 10.2 Å². The molecule has 0 fully saturated rings. The maximum Gasteiger partial charge on any atom is 0.359 e. The smallest absolute Gasteiger partial charge is 0.359 e. The van der Waals surface area contributed by atoms with Crippen molar-refractivity contribution >= 4 is 17.6 Å². The van der Waals surface area contributed by atoms with Crippen molar-refractivity contribution in [2.75, 3.05) is 0 Å². The highest BCUT2D eigenvalue weighted by Gasteiger charge is 2.23. The van der Waals surface area contributed by atoms with E-state index >= 15 is 0 Å². The number of hydrogen-bond acceptors (Lipinski definition) is 9. The lowest BCUT2D eigenvalue weighted by molar-refractivity contribution is 0.0432. The van der Waals surface area contributed by atoms with Crippen molar-refractivity contribution in [2.24, 2.45) is 0 Å². The van der Waals surface area contributed by atoms with Gasteiger partial charge >= 0.3 is 5.97 Å². The van der Waals surface area contributed by atoms with Gasteiger partial charge in [0.15, 0.2) is 18.1 Å². The fourth-order valence-electron chi connectivity index (χ4n) is 3.58. The van der Waals surface area contributed by atoms with Gasteiger partial charge in [0.25, 0.3) is 11.8 Å². The summed E-state index contributed by atoms with van der Waals surface area (Å²) in [4.78, 5) is 17.1. The monoisotopic (exact) mass is 490 g/mol. The first-order chi connectivity index (χ1) is 16.9. The molecule has 4 aromatic heterocycles. The third kappa shape index (κ3) is 4.43. The molecular formula is C24H19ClN6O4. The molecule has 0 bridgehead atoms. The first kappa shape index (κ1) is 22.5. The number of carbonyl (C=O) groups excluding carboxylic acids is 1. The van der Waals surface area contributed by atoms with E-state index in [4.69, 9.17) is 25.3 Å². The van der Waals surface area contributed by atoms with E-state index in [0.717, 1.165) is 17.0 Å². The van der Waals surface area contributed by atoms with Gasteiger partial charge in [0.1, 0.15) is 17.0 Å². The summed E-state index contributed by atoms with van der Waals surface area (Å²) in [6.45, 7) is 5.25. The van der Waals surface area contributed by atoms with Crippen LogP contribution in [0.2, 0.25) is 5.02 Å². The fourth-order valence-corrected chi connectivity index (χ4v) is 3.76. The molecule has 10 nitrogen and oxygen atoms in total. The summed E-state index contributed by atoms with van der Waals surface area (Å²) >= 11 is 6.21. The molecule has 0 saturated heterocycles. The van der Waals surface area contributed by atoms with Crippen molar-refractivity contribution in [1.82, 2.24) is 30.1 Å². The van der Waals surface area contributed by atoms with Crippen LogP contribution in [0.5, 0.6) is 0 Å². The summed E-state index contributed by atoms with van der Waals surface area (Å²) in [5.74, 6) is 0.538. The van der Waals surface area contributed by atoms with Crippen molar-refractivity contribution in [2.45, 2.75) is 27.4 Å². The quantitative estimate of drug-likeness (QED) is 0.305. The SMILES string of the molecule is Cc1cc(C)n(-c2ccc(Cl)c(C(=O)OCc3nnc(-c4c(-c5ccccc5)noc4C)o3)n2)n1. The van der Waals surface area contributed by atoms with Crippen LogP contribution in [0.4, 0.5) is 0 Å². The van der Waals surface area contributed by atoms with Gasteiger partial charge in [0.05, 0.1) is 10.7 Å². The highest BCUT2D eigenvalue weighted by molar-refractivity contribution is 6.33. The number of benzene rings is 1. The van der Waals surface area contributed by atoms with Gasteiger partial charge in [-0.2, -0.15) is 5.10 Å². The molecule has 0 radical (unpaired) electrons. The molecule has 11 heteroatoms. The largest absolute Gasteiger partial charge is 0.451 e. The molecular weight excluding hydrogens is 472 g/mol. The molecule has 4 heterocycles. The lowest BCUT2D eigenvalue weighted by Gasteiger charge is -2.07. The van der Waals surface area contributed by atoms with Gasteiger partial charge in [-0.3, -0.25) is 0 Å².